The number of hydrogen-bond acceptors (Lipinski definition) is 3. The molecular weight excluding hydrogens is 238 g/mol. The maximum Gasteiger partial charge on any atom is 0.275 e. The van der Waals surface area contributed by atoms with Crippen LogP contribution in [0.2, 0.25) is 0 Å². The zero-order chi connectivity index (χ0) is 13.1. The molecule has 0 radical (unpaired) electrons. The van der Waals surface area contributed by atoms with Gasteiger partial charge in [0.1, 0.15) is 0 Å². The van der Waals surface area contributed by atoms with Gasteiger partial charge in [-0.25, -0.2) is 4.68 Å². The van der Waals surface area contributed by atoms with Crippen molar-refractivity contribution >= 4 is 10.8 Å². The molecule has 1 aromatic carbocycles. The van der Waals surface area contributed by atoms with Crippen molar-refractivity contribution in [3.8, 4) is 0 Å². The maximum absolute atomic E-state index is 12.4. The highest BCUT2D eigenvalue weighted by molar-refractivity contribution is 5.80. The van der Waals surface area contributed by atoms with E-state index in [1.807, 2.05) is 24.3 Å². The number of likely N-dealkylation sites (tertiary alicyclic amines) is 1. The predicted octanol–water partition coefficient (Wildman–Crippen LogP) is 2.23. The smallest absolute Gasteiger partial charge is 0.275 e. The van der Waals surface area contributed by atoms with E-state index < -0.39 is 0 Å². The van der Waals surface area contributed by atoms with Crippen LogP contribution in [0, 0.1) is 0 Å². The lowest BCUT2D eigenvalue weighted by atomic mass is 10.2. The Morgan fingerprint density at radius 2 is 1.79 bits per heavy atom. The molecule has 1 saturated heterocycles. The Morgan fingerprint density at radius 1 is 1.05 bits per heavy atom. The second-order valence-corrected chi connectivity index (χ2v) is 5.21. The zero-order valence-corrected chi connectivity index (χ0v) is 11.1. The molecule has 2 heterocycles. The quantitative estimate of drug-likeness (QED) is 0.828. The standard InChI is InChI=1S/C15H19N3O/c19-15-14-8-4-3-7-13(14)11-16-18(15)12-17-9-5-1-2-6-10-17/h3-4,7-8,11H,1-2,5-6,9-10,12H2. The van der Waals surface area contributed by atoms with Gasteiger partial charge in [-0.2, -0.15) is 5.10 Å². The maximum atomic E-state index is 12.4. The Labute approximate surface area is 112 Å². The highest BCUT2D eigenvalue weighted by Gasteiger charge is 2.11. The Bertz CT molecular complexity index is 612. The molecule has 0 amide bonds. The summed E-state index contributed by atoms with van der Waals surface area (Å²) in [5, 5.41) is 5.97. The molecule has 0 N–H and O–H groups in total. The lowest BCUT2D eigenvalue weighted by Gasteiger charge is -2.20. The molecule has 1 aliphatic heterocycles. The number of rotatable bonds is 2. The monoisotopic (exact) mass is 257 g/mol. The SMILES string of the molecule is O=c1c2ccccc2cnn1CN1CCCCCC1. The van der Waals surface area contributed by atoms with Crippen LogP contribution >= 0.6 is 0 Å². The van der Waals surface area contributed by atoms with Gasteiger partial charge in [0.05, 0.1) is 18.3 Å². The molecule has 0 saturated carbocycles. The predicted molar refractivity (Wildman–Crippen MR) is 76.0 cm³/mol. The van der Waals surface area contributed by atoms with Crippen LogP contribution in [0.1, 0.15) is 25.7 Å². The van der Waals surface area contributed by atoms with Crippen LogP contribution in [-0.4, -0.2) is 27.8 Å². The first kappa shape index (κ1) is 12.4. The number of nitrogens with zero attached hydrogens (tertiary/aromatic N) is 3. The summed E-state index contributed by atoms with van der Waals surface area (Å²) < 4.78 is 1.59. The van der Waals surface area contributed by atoms with Crippen molar-refractivity contribution in [3.05, 3.63) is 40.8 Å². The molecule has 1 fully saturated rings. The number of aromatic nitrogens is 2. The Balaban J connectivity index is 1.88. The van der Waals surface area contributed by atoms with E-state index in [1.54, 1.807) is 10.9 Å². The summed E-state index contributed by atoms with van der Waals surface area (Å²) in [6.07, 6.45) is 6.84. The van der Waals surface area contributed by atoms with Crippen LogP contribution in [0.5, 0.6) is 0 Å². The van der Waals surface area contributed by atoms with E-state index in [2.05, 4.69) is 10.00 Å². The van der Waals surface area contributed by atoms with E-state index >= 15 is 0 Å². The summed E-state index contributed by atoms with van der Waals surface area (Å²) in [4.78, 5) is 14.7. The van der Waals surface area contributed by atoms with Gasteiger partial charge in [-0.3, -0.25) is 9.69 Å². The topological polar surface area (TPSA) is 38.1 Å². The van der Waals surface area contributed by atoms with Gasteiger partial charge in [0.25, 0.3) is 5.56 Å². The van der Waals surface area contributed by atoms with E-state index in [0.29, 0.717) is 6.67 Å². The summed E-state index contributed by atoms with van der Waals surface area (Å²) in [6, 6.07) is 7.64. The Kier molecular flexibility index (Phi) is 3.60. The van der Waals surface area contributed by atoms with Crippen molar-refractivity contribution in [1.29, 1.82) is 0 Å². The van der Waals surface area contributed by atoms with Gasteiger partial charge in [-0.1, -0.05) is 31.0 Å². The second kappa shape index (κ2) is 5.53. The fraction of sp³-hybridized carbons (Fsp3) is 0.467. The van der Waals surface area contributed by atoms with E-state index in [0.717, 1.165) is 23.9 Å². The zero-order valence-electron chi connectivity index (χ0n) is 11.1. The van der Waals surface area contributed by atoms with Gasteiger partial charge < -0.3 is 0 Å². The third-order valence-corrected chi connectivity index (χ3v) is 3.79. The van der Waals surface area contributed by atoms with Crippen LogP contribution in [0.25, 0.3) is 10.8 Å². The lowest BCUT2D eigenvalue weighted by Crippen LogP contribution is -2.34. The van der Waals surface area contributed by atoms with Crippen LogP contribution in [0.3, 0.4) is 0 Å². The molecule has 0 bridgehead atoms. The molecule has 19 heavy (non-hydrogen) atoms. The van der Waals surface area contributed by atoms with E-state index in [-0.39, 0.29) is 5.56 Å². The first-order valence-electron chi connectivity index (χ1n) is 7.02. The minimum Gasteiger partial charge on any atom is -0.284 e. The second-order valence-electron chi connectivity index (χ2n) is 5.21. The molecule has 0 atom stereocenters. The molecule has 0 aliphatic carbocycles. The fourth-order valence-electron chi connectivity index (χ4n) is 2.70. The average molecular weight is 257 g/mol. The first-order chi connectivity index (χ1) is 9.34. The van der Waals surface area contributed by atoms with Crippen molar-refractivity contribution in [1.82, 2.24) is 14.7 Å². The van der Waals surface area contributed by atoms with Crippen LogP contribution < -0.4 is 5.56 Å². The third kappa shape index (κ3) is 2.68. The molecule has 3 rings (SSSR count). The van der Waals surface area contributed by atoms with Gasteiger partial charge in [0.15, 0.2) is 0 Å². The largest absolute Gasteiger partial charge is 0.284 e. The normalized spacial score (nSPS) is 17.5. The molecule has 0 unspecified atom stereocenters. The summed E-state index contributed by atoms with van der Waals surface area (Å²) in [7, 11) is 0. The molecule has 4 heteroatoms. The first-order valence-corrected chi connectivity index (χ1v) is 7.02. The highest BCUT2D eigenvalue weighted by atomic mass is 16.1. The van der Waals surface area contributed by atoms with Gasteiger partial charge in [0, 0.05) is 5.39 Å². The van der Waals surface area contributed by atoms with E-state index in [4.69, 9.17) is 0 Å². The molecule has 1 aliphatic rings. The molecule has 1 aromatic heterocycles. The molecule has 0 spiro atoms. The van der Waals surface area contributed by atoms with Gasteiger partial charge in [-0.05, 0) is 32.0 Å². The molecular formula is C15H19N3O. The summed E-state index contributed by atoms with van der Waals surface area (Å²) in [5.41, 5.74) is 0.0161. The summed E-state index contributed by atoms with van der Waals surface area (Å²) in [5.74, 6) is 0. The van der Waals surface area contributed by atoms with Crippen molar-refractivity contribution in [3.63, 3.8) is 0 Å². The van der Waals surface area contributed by atoms with E-state index in [9.17, 15) is 4.79 Å². The minimum absolute atomic E-state index is 0.0161. The molecule has 2 aromatic rings. The van der Waals surface area contributed by atoms with Crippen LogP contribution in [-0.2, 0) is 6.67 Å². The number of benzene rings is 1. The average Bonchev–Trinajstić information content (AvgIpc) is 2.71. The summed E-state index contributed by atoms with van der Waals surface area (Å²) >= 11 is 0. The fourth-order valence-corrected chi connectivity index (χ4v) is 2.70. The Morgan fingerprint density at radius 3 is 2.58 bits per heavy atom. The minimum atomic E-state index is 0.0161. The van der Waals surface area contributed by atoms with Gasteiger partial charge >= 0.3 is 0 Å². The third-order valence-electron chi connectivity index (χ3n) is 3.79. The summed E-state index contributed by atoms with van der Waals surface area (Å²) in [6.45, 7) is 2.76. The van der Waals surface area contributed by atoms with Gasteiger partial charge in [0.2, 0.25) is 0 Å². The molecule has 4 nitrogen and oxygen atoms in total. The number of hydrogen-bond donors (Lipinski definition) is 0. The van der Waals surface area contributed by atoms with Crippen molar-refractivity contribution < 1.29 is 0 Å². The lowest BCUT2D eigenvalue weighted by molar-refractivity contribution is 0.211. The van der Waals surface area contributed by atoms with Crippen molar-refractivity contribution in [2.24, 2.45) is 0 Å². The van der Waals surface area contributed by atoms with Crippen LogP contribution in [0.15, 0.2) is 35.3 Å². The van der Waals surface area contributed by atoms with Crippen LogP contribution in [0.4, 0.5) is 0 Å². The Hall–Kier alpha value is -1.68. The van der Waals surface area contributed by atoms with Gasteiger partial charge in [-0.15, -0.1) is 0 Å². The molecule has 100 valence electrons. The highest BCUT2D eigenvalue weighted by Crippen LogP contribution is 2.11. The number of fused-ring (bicyclic) bond motifs is 1. The van der Waals surface area contributed by atoms with Crippen molar-refractivity contribution in [2.45, 2.75) is 32.4 Å². The van der Waals surface area contributed by atoms with Crippen molar-refractivity contribution in [2.75, 3.05) is 13.1 Å². The van der Waals surface area contributed by atoms with E-state index in [1.165, 1.54) is 25.7 Å².